The lowest BCUT2D eigenvalue weighted by molar-refractivity contribution is -0.163. The van der Waals surface area contributed by atoms with Gasteiger partial charge < -0.3 is 50.5 Å². The van der Waals surface area contributed by atoms with Gasteiger partial charge in [-0.3, -0.25) is 24.0 Å². The Balaban J connectivity index is 1.33. The number of alkyl halides is 1. The number of amides is 7. The fourth-order valence-corrected chi connectivity index (χ4v) is 8.19. The van der Waals surface area contributed by atoms with Crippen LogP contribution in [0, 0.1) is 11.6 Å². The monoisotopic (exact) mass is 843 g/mol. The number of urea groups is 1. The van der Waals surface area contributed by atoms with E-state index in [2.05, 4.69) is 21.3 Å². The molecule has 7 amide bonds. The third-order valence-electron chi connectivity index (χ3n) is 11.1. The van der Waals surface area contributed by atoms with Gasteiger partial charge in [0.25, 0.3) is 0 Å². The van der Waals surface area contributed by atoms with Gasteiger partial charge in [0.05, 0.1) is 6.10 Å². The molecule has 4 fully saturated rings. The minimum Gasteiger partial charge on any atom is -0.463 e. The number of hydrogen-bond donors (Lipinski definition) is 5. The van der Waals surface area contributed by atoms with Crippen molar-refractivity contribution < 1.29 is 61.3 Å². The van der Waals surface area contributed by atoms with E-state index in [1.54, 1.807) is 0 Å². The number of anilines is 1. The second kappa shape index (κ2) is 19.0. The maximum absolute atomic E-state index is 14.7. The number of rotatable bonds is 8. The molecule has 0 aliphatic carbocycles. The SMILES string of the molecule is C[C@@H]1NC(=O)[C@@H]2CCCCN2C(=O)[C@@H]2C[C@@H](O)CN2C(=O)[C@@H](NC(=O)[C@H](Cc2cc(F)cc(F)c2)NC(=O)Nc2ccc(OCF)cc2)[C@H](C)OC(=O)[C@@H]2CCCN2C1=O. The molecule has 0 spiro atoms. The van der Waals surface area contributed by atoms with Gasteiger partial charge in [-0.25, -0.2) is 22.8 Å². The fraction of sp³-hybridized carbons (Fsp3) is 0.525. The first-order valence-corrected chi connectivity index (χ1v) is 19.9. The van der Waals surface area contributed by atoms with Crippen LogP contribution in [0.25, 0.3) is 0 Å². The zero-order valence-electron chi connectivity index (χ0n) is 33.0. The van der Waals surface area contributed by atoms with E-state index in [4.69, 9.17) is 9.47 Å². The smallest absolute Gasteiger partial charge is 0.329 e. The number of aliphatic hydroxyl groups excluding tert-OH is 1. The first kappa shape index (κ1) is 43.7. The van der Waals surface area contributed by atoms with Gasteiger partial charge in [0.1, 0.15) is 59.7 Å². The van der Waals surface area contributed by atoms with E-state index >= 15 is 0 Å². The Hall–Kier alpha value is -5.92. The van der Waals surface area contributed by atoms with E-state index in [1.807, 2.05) is 0 Å². The summed E-state index contributed by atoms with van der Waals surface area (Å²) >= 11 is 0. The number of cyclic esters (lactones) is 1. The zero-order valence-corrected chi connectivity index (χ0v) is 33.0. The second-order valence-electron chi connectivity index (χ2n) is 15.4. The highest BCUT2D eigenvalue weighted by atomic mass is 19.1. The fourth-order valence-electron chi connectivity index (χ4n) is 8.19. The lowest BCUT2D eigenvalue weighted by atomic mass is 9.98. The maximum atomic E-state index is 14.7. The summed E-state index contributed by atoms with van der Waals surface area (Å²) < 4.78 is 51.8. The minimum atomic E-state index is -1.78. The molecule has 20 heteroatoms. The second-order valence-corrected chi connectivity index (χ2v) is 15.4. The van der Waals surface area contributed by atoms with Crippen LogP contribution in [0.1, 0.15) is 57.9 Å². The molecule has 0 bridgehead atoms. The van der Waals surface area contributed by atoms with Crippen LogP contribution in [0.5, 0.6) is 5.75 Å². The predicted molar refractivity (Wildman–Crippen MR) is 204 cm³/mol. The predicted octanol–water partition coefficient (Wildman–Crippen LogP) is 1.27. The number of nitrogens with one attached hydrogen (secondary N) is 4. The van der Waals surface area contributed by atoms with E-state index < -0.39 is 115 Å². The minimum absolute atomic E-state index is 0.0573. The average molecular weight is 844 g/mol. The van der Waals surface area contributed by atoms with Gasteiger partial charge in [-0.2, -0.15) is 0 Å². The normalized spacial score (nSPS) is 26.9. The van der Waals surface area contributed by atoms with Crippen LogP contribution < -0.4 is 26.0 Å². The maximum Gasteiger partial charge on any atom is 0.329 e. The van der Waals surface area contributed by atoms with E-state index in [9.17, 15) is 51.8 Å². The van der Waals surface area contributed by atoms with Crippen molar-refractivity contribution in [3.8, 4) is 5.75 Å². The third-order valence-corrected chi connectivity index (χ3v) is 11.1. The first-order chi connectivity index (χ1) is 28.6. The van der Waals surface area contributed by atoms with Gasteiger partial charge in [-0.1, -0.05) is 0 Å². The molecule has 8 atom stereocenters. The molecule has 4 aliphatic rings. The summed E-state index contributed by atoms with van der Waals surface area (Å²) in [6, 6.07) is -0.861. The Morgan fingerprint density at radius 2 is 1.55 bits per heavy atom. The third kappa shape index (κ3) is 10.1. The summed E-state index contributed by atoms with van der Waals surface area (Å²) in [5.74, 6) is -6.50. The molecular weight excluding hydrogens is 795 g/mol. The van der Waals surface area contributed by atoms with E-state index in [1.165, 1.54) is 47.9 Å². The molecule has 2 aromatic carbocycles. The lowest BCUT2D eigenvalue weighted by Crippen LogP contribution is -2.63. The number of piperidine rings is 1. The quantitative estimate of drug-likeness (QED) is 0.240. The molecule has 6 rings (SSSR count). The van der Waals surface area contributed by atoms with Crippen molar-refractivity contribution >= 4 is 47.2 Å². The number of ether oxygens (including phenoxy) is 2. The Morgan fingerprint density at radius 3 is 2.25 bits per heavy atom. The molecule has 4 saturated heterocycles. The lowest BCUT2D eigenvalue weighted by Gasteiger charge is -2.39. The van der Waals surface area contributed by atoms with Crippen LogP contribution in [0.2, 0.25) is 0 Å². The van der Waals surface area contributed by atoms with Crippen molar-refractivity contribution in [3.63, 3.8) is 0 Å². The summed E-state index contributed by atoms with van der Waals surface area (Å²) in [5, 5.41) is 21.0. The number of esters is 1. The number of carbonyl (C=O) groups is 7. The van der Waals surface area contributed by atoms with E-state index in [-0.39, 0.29) is 55.9 Å². The number of halogens is 3. The van der Waals surface area contributed by atoms with Crippen molar-refractivity contribution in [2.45, 2.75) is 107 Å². The number of nitrogens with zero attached hydrogens (tertiary/aromatic N) is 3. The first-order valence-electron chi connectivity index (χ1n) is 19.9. The molecule has 60 heavy (non-hydrogen) atoms. The van der Waals surface area contributed by atoms with Crippen molar-refractivity contribution in [1.82, 2.24) is 30.7 Å². The molecule has 0 radical (unpaired) electrons. The summed E-state index contributed by atoms with van der Waals surface area (Å²) in [4.78, 5) is 101. The molecule has 17 nitrogen and oxygen atoms in total. The number of aliphatic hydroxyl groups is 1. The van der Waals surface area contributed by atoms with Crippen LogP contribution in [-0.2, 0) is 39.9 Å². The van der Waals surface area contributed by atoms with Crippen LogP contribution in [0.15, 0.2) is 42.5 Å². The largest absolute Gasteiger partial charge is 0.463 e. The topological polar surface area (TPSA) is 216 Å². The van der Waals surface area contributed by atoms with Gasteiger partial charge in [-0.05, 0) is 87.9 Å². The number of carbonyl (C=O) groups excluding carboxylic acids is 7. The van der Waals surface area contributed by atoms with Gasteiger partial charge >= 0.3 is 12.0 Å². The summed E-state index contributed by atoms with van der Waals surface area (Å²) in [7, 11) is 0. The number of hydrogen-bond acceptors (Lipinski definition) is 10. The molecule has 4 aliphatic heterocycles. The van der Waals surface area contributed by atoms with Gasteiger partial charge in [0.2, 0.25) is 36.4 Å². The van der Waals surface area contributed by atoms with Crippen LogP contribution >= 0.6 is 0 Å². The standard InChI is InChI=1S/C40H48F3N7O10/c1-21-36(54)49-13-5-7-31(49)39(57)60-22(2)33(38(56)50-19-27(51)18-32(50)37(55)48-12-4-3-6-30(48)35(53)44-21)47-34(52)29(16-23-14-24(42)17-25(43)15-23)46-40(58)45-26-8-10-28(11-9-26)59-20-41/h8-11,14-15,17,21-22,27,29-33,51H,3-7,12-13,16,18-20H2,1-2H3,(H,44,53)(H,47,52)(H2,45,46,58)/t21-,22-,27+,29-,30-,31-,32-,33-/m0/s1. The highest BCUT2D eigenvalue weighted by Gasteiger charge is 2.48. The van der Waals surface area contributed by atoms with Crippen molar-refractivity contribution in [2.24, 2.45) is 0 Å². The molecule has 0 aromatic heterocycles. The summed E-state index contributed by atoms with van der Waals surface area (Å²) in [6.45, 7) is 1.66. The van der Waals surface area contributed by atoms with Gasteiger partial charge in [0, 0.05) is 44.2 Å². The molecule has 2 aromatic rings. The Bertz CT molecular complexity index is 1950. The van der Waals surface area contributed by atoms with E-state index in [0.717, 1.165) is 17.0 Å². The van der Waals surface area contributed by atoms with E-state index in [0.29, 0.717) is 25.3 Å². The summed E-state index contributed by atoms with van der Waals surface area (Å²) in [5.41, 5.74) is 0.131. The van der Waals surface area contributed by atoms with Crippen molar-refractivity contribution in [2.75, 3.05) is 31.8 Å². The van der Waals surface area contributed by atoms with Crippen LogP contribution in [0.4, 0.5) is 23.7 Å². The van der Waals surface area contributed by atoms with Crippen molar-refractivity contribution in [3.05, 3.63) is 59.7 Å². The number of benzene rings is 2. The van der Waals surface area contributed by atoms with Gasteiger partial charge in [0.15, 0.2) is 0 Å². The van der Waals surface area contributed by atoms with Crippen LogP contribution in [0.3, 0.4) is 0 Å². The molecule has 5 N–H and O–H groups in total. The van der Waals surface area contributed by atoms with Crippen molar-refractivity contribution in [1.29, 1.82) is 0 Å². The highest BCUT2D eigenvalue weighted by Crippen LogP contribution is 2.28. The molecule has 4 heterocycles. The molecule has 0 unspecified atom stereocenters. The average Bonchev–Trinajstić information content (AvgIpc) is 3.86. The summed E-state index contributed by atoms with van der Waals surface area (Å²) in [6.07, 6.45) is -1.37. The number of fused-ring (bicyclic) bond motifs is 3. The molecule has 0 saturated carbocycles. The highest BCUT2D eigenvalue weighted by molar-refractivity contribution is 5.99. The Kier molecular flexibility index (Phi) is 13.8. The molecule has 324 valence electrons. The Morgan fingerprint density at radius 1 is 0.883 bits per heavy atom. The van der Waals surface area contributed by atoms with Gasteiger partial charge in [-0.15, -0.1) is 0 Å². The zero-order chi connectivity index (χ0) is 43.2. The Labute approximate surface area is 343 Å². The molecular formula is C40H48F3N7O10. The van der Waals surface area contributed by atoms with Crippen LogP contribution in [-0.4, -0.2) is 136 Å².